The maximum absolute atomic E-state index is 12.3. The van der Waals surface area contributed by atoms with E-state index in [1.165, 1.54) is 37.3 Å². The van der Waals surface area contributed by atoms with Gasteiger partial charge in [-0.15, -0.1) is 0 Å². The molecular formula is C30H39N7O2. The number of nitrogens with one attached hydrogen (secondary N) is 2. The predicted octanol–water partition coefficient (Wildman–Crippen LogP) is 4.44. The van der Waals surface area contributed by atoms with Gasteiger partial charge < -0.3 is 15.2 Å². The Morgan fingerprint density at radius 1 is 1.13 bits per heavy atom. The molecule has 0 radical (unpaired) electrons. The van der Waals surface area contributed by atoms with Gasteiger partial charge in [0.05, 0.1) is 12.2 Å². The molecule has 1 aliphatic heterocycles. The summed E-state index contributed by atoms with van der Waals surface area (Å²) in [4.78, 5) is 40.8. The predicted molar refractivity (Wildman–Crippen MR) is 152 cm³/mol. The number of fused-ring (bicyclic) bond motifs is 1. The fourth-order valence-electron chi connectivity index (χ4n) is 6.91. The monoisotopic (exact) mass is 529 g/mol. The Bertz CT molecular complexity index is 1410. The lowest BCUT2D eigenvalue weighted by Gasteiger charge is -2.64. The van der Waals surface area contributed by atoms with Gasteiger partial charge in [-0.05, 0) is 75.0 Å². The molecular weight excluding hydrogens is 490 g/mol. The molecule has 4 aliphatic rings. The van der Waals surface area contributed by atoms with Crippen LogP contribution in [0.25, 0.3) is 11.2 Å². The average molecular weight is 530 g/mol. The molecule has 4 fully saturated rings. The number of carbonyl (C=O) groups is 1. The van der Waals surface area contributed by atoms with Crippen LogP contribution in [0.3, 0.4) is 0 Å². The minimum absolute atomic E-state index is 0.000750. The van der Waals surface area contributed by atoms with Crippen LogP contribution >= 0.6 is 0 Å². The molecule has 2 N–H and O–H groups in total. The fraction of sp³-hybridized carbons (Fsp3) is 0.533. The Kier molecular flexibility index (Phi) is 6.57. The SMILES string of the molecule is C=CC(=O)N1CCN([C@@H](CC23CC(C2)C3)c2ccc([C@H](C)Nc3ncc4[nH]c(=O)n(C(C)C)c4n3)cc2)CC1. The summed E-state index contributed by atoms with van der Waals surface area (Å²) in [5, 5.41) is 3.41. The minimum Gasteiger partial charge on any atom is -0.348 e. The minimum atomic E-state index is -0.169. The summed E-state index contributed by atoms with van der Waals surface area (Å²) in [6.45, 7) is 13.0. The first-order chi connectivity index (χ1) is 18.7. The summed E-state index contributed by atoms with van der Waals surface area (Å²) in [6, 6.07) is 9.34. The number of hydrogen-bond donors (Lipinski definition) is 2. The summed E-state index contributed by atoms with van der Waals surface area (Å²) in [6.07, 6.45) is 8.44. The number of benzene rings is 1. The highest BCUT2D eigenvalue weighted by Crippen LogP contribution is 2.68. The van der Waals surface area contributed by atoms with Gasteiger partial charge in [-0.2, -0.15) is 4.98 Å². The van der Waals surface area contributed by atoms with Crippen LogP contribution in [0.1, 0.15) is 75.7 Å². The molecule has 2 aromatic heterocycles. The molecule has 0 unspecified atom stereocenters. The first-order valence-corrected chi connectivity index (χ1v) is 14.2. The molecule has 1 aromatic carbocycles. The quantitative estimate of drug-likeness (QED) is 0.398. The van der Waals surface area contributed by atoms with Gasteiger partial charge >= 0.3 is 5.69 Å². The number of imidazole rings is 1. The van der Waals surface area contributed by atoms with Gasteiger partial charge in [0.1, 0.15) is 5.52 Å². The normalized spacial score (nSPS) is 24.2. The van der Waals surface area contributed by atoms with E-state index in [4.69, 9.17) is 0 Å². The summed E-state index contributed by atoms with van der Waals surface area (Å²) >= 11 is 0. The van der Waals surface area contributed by atoms with Crippen molar-refractivity contribution in [3.63, 3.8) is 0 Å². The molecule has 3 aromatic rings. The highest BCUT2D eigenvalue weighted by atomic mass is 16.2. The lowest BCUT2D eigenvalue weighted by Crippen LogP contribution is -2.55. The van der Waals surface area contributed by atoms with Gasteiger partial charge in [-0.3, -0.25) is 14.3 Å². The van der Waals surface area contributed by atoms with E-state index < -0.39 is 0 Å². The largest absolute Gasteiger partial charge is 0.348 e. The van der Waals surface area contributed by atoms with Crippen LogP contribution in [0.5, 0.6) is 0 Å². The number of aromatic nitrogens is 4. The van der Waals surface area contributed by atoms with Crippen molar-refractivity contribution in [3.05, 3.63) is 64.7 Å². The second-order valence-corrected chi connectivity index (χ2v) is 12.1. The molecule has 2 bridgehead atoms. The van der Waals surface area contributed by atoms with Crippen molar-refractivity contribution in [3.8, 4) is 0 Å². The highest BCUT2D eigenvalue weighted by Gasteiger charge is 2.57. The Labute approximate surface area is 229 Å². The third kappa shape index (κ3) is 4.77. The van der Waals surface area contributed by atoms with Crippen LogP contribution in [-0.2, 0) is 4.79 Å². The molecule has 3 aliphatic carbocycles. The number of piperazine rings is 1. The smallest absolute Gasteiger partial charge is 0.327 e. The van der Waals surface area contributed by atoms with Crippen molar-refractivity contribution in [2.45, 2.75) is 64.6 Å². The van der Waals surface area contributed by atoms with E-state index in [2.05, 4.69) is 62.9 Å². The molecule has 7 rings (SSSR count). The third-order valence-electron chi connectivity index (χ3n) is 9.17. The van der Waals surface area contributed by atoms with Crippen LogP contribution < -0.4 is 11.0 Å². The van der Waals surface area contributed by atoms with Crippen LogP contribution in [0.15, 0.2) is 47.9 Å². The number of anilines is 1. The number of aromatic amines is 1. The first-order valence-electron chi connectivity index (χ1n) is 14.2. The molecule has 9 heteroatoms. The second kappa shape index (κ2) is 9.93. The summed E-state index contributed by atoms with van der Waals surface area (Å²) in [5.41, 5.74) is 4.12. The van der Waals surface area contributed by atoms with Crippen molar-refractivity contribution in [2.24, 2.45) is 11.3 Å². The van der Waals surface area contributed by atoms with E-state index in [1.54, 1.807) is 10.8 Å². The Hall–Kier alpha value is -3.46. The molecule has 9 nitrogen and oxygen atoms in total. The van der Waals surface area contributed by atoms with Crippen LogP contribution in [0, 0.1) is 11.3 Å². The van der Waals surface area contributed by atoms with Crippen molar-refractivity contribution >= 4 is 23.0 Å². The van der Waals surface area contributed by atoms with Gasteiger partial charge in [-0.1, -0.05) is 30.8 Å². The van der Waals surface area contributed by atoms with Gasteiger partial charge in [-0.25, -0.2) is 9.78 Å². The van der Waals surface area contributed by atoms with Gasteiger partial charge in [0, 0.05) is 38.3 Å². The number of hydrogen-bond acceptors (Lipinski definition) is 6. The molecule has 206 valence electrons. The number of H-pyrrole nitrogens is 1. The van der Waals surface area contributed by atoms with Crippen molar-refractivity contribution < 1.29 is 4.79 Å². The number of carbonyl (C=O) groups excluding carboxylic acids is 1. The molecule has 1 amide bonds. The van der Waals surface area contributed by atoms with Gasteiger partial charge in [0.25, 0.3) is 0 Å². The lowest BCUT2D eigenvalue weighted by atomic mass is 9.42. The van der Waals surface area contributed by atoms with Crippen molar-refractivity contribution in [1.29, 1.82) is 0 Å². The zero-order valence-electron chi connectivity index (χ0n) is 23.2. The standard InChI is InChI=1S/C30H39N7O2/c1-5-26(38)36-12-10-35(11-13-36)25(17-30-14-21(15-30)16-30)23-8-6-22(7-9-23)20(4)32-28-31-18-24-27(34-28)37(19(2)3)29(39)33-24/h5-9,18-21,25H,1,10-17H2,2-4H3,(H,33,39)(H,31,32,34)/t20-,21?,25-,30?/m0/s1. The number of nitrogens with zero attached hydrogens (tertiary/aromatic N) is 5. The number of amides is 1. The Morgan fingerprint density at radius 3 is 2.38 bits per heavy atom. The highest BCUT2D eigenvalue weighted by molar-refractivity contribution is 5.87. The van der Waals surface area contributed by atoms with Crippen LogP contribution in [-0.4, -0.2) is 61.4 Å². The maximum Gasteiger partial charge on any atom is 0.327 e. The van der Waals surface area contributed by atoms with E-state index in [-0.39, 0.29) is 23.7 Å². The lowest BCUT2D eigenvalue weighted by molar-refractivity contribution is -0.134. The van der Waals surface area contributed by atoms with E-state index in [1.807, 2.05) is 18.7 Å². The van der Waals surface area contributed by atoms with E-state index >= 15 is 0 Å². The first kappa shape index (κ1) is 25.8. The van der Waals surface area contributed by atoms with Gasteiger partial charge in [0.15, 0.2) is 5.65 Å². The summed E-state index contributed by atoms with van der Waals surface area (Å²) in [7, 11) is 0. The third-order valence-corrected chi connectivity index (χ3v) is 9.17. The van der Waals surface area contributed by atoms with Crippen molar-refractivity contribution in [2.75, 3.05) is 31.5 Å². The molecule has 3 heterocycles. The average Bonchev–Trinajstić information content (AvgIpc) is 3.22. The van der Waals surface area contributed by atoms with E-state index in [0.29, 0.717) is 28.6 Å². The molecule has 1 saturated heterocycles. The number of rotatable bonds is 9. The van der Waals surface area contributed by atoms with E-state index in [0.717, 1.165) is 37.7 Å². The summed E-state index contributed by atoms with van der Waals surface area (Å²) in [5.74, 6) is 1.49. The molecule has 2 atom stereocenters. The zero-order valence-corrected chi connectivity index (χ0v) is 23.2. The Morgan fingerprint density at radius 2 is 1.79 bits per heavy atom. The topological polar surface area (TPSA) is 99.2 Å². The molecule has 3 saturated carbocycles. The van der Waals surface area contributed by atoms with Gasteiger partial charge in [0.2, 0.25) is 11.9 Å². The second-order valence-electron chi connectivity index (χ2n) is 12.1. The molecule has 39 heavy (non-hydrogen) atoms. The zero-order chi connectivity index (χ0) is 27.3. The Balaban J connectivity index is 1.17. The van der Waals surface area contributed by atoms with Crippen LogP contribution in [0.4, 0.5) is 5.95 Å². The van der Waals surface area contributed by atoms with Crippen molar-refractivity contribution in [1.82, 2.24) is 29.3 Å². The van der Waals surface area contributed by atoms with E-state index in [9.17, 15) is 9.59 Å². The molecule has 0 spiro atoms. The van der Waals surface area contributed by atoms with Crippen LogP contribution in [0.2, 0.25) is 0 Å². The fourth-order valence-corrected chi connectivity index (χ4v) is 6.91. The maximum atomic E-state index is 12.3. The summed E-state index contributed by atoms with van der Waals surface area (Å²) < 4.78 is 1.65.